The van der Waals surface area contributed by atoms with Crippen molar-refractivity contribution in [3.63, 3.8) is 0 Å². The van der Waals surface area contributed by atoms with Gasteiger partial charge in [0, 0.05) is 5.56 Å². The summed E-state index contributed by atoms with van der Waals surface area (Å²) in [5, 5.41) is 8.81. The molecule has 0 aliphatic heterocycles. The molecule has 0 spiro atoms. The van der Waals surface area contributed by atoms with Gasteiger partial charge in [-0.1, -0.05) is 12.1 Å². The SMILES string of the molecule is N#Cc1cc(-c2nc3ccccc3[nH]2)ccc1F. The first-order valence-electron chi connectivity index (χ1n) is 5.43. The van der Waals surface area contributed by atoms with Gasteiger partial charge in [0.2, 0.25) is 0 Å². The zero-order chi connectivity index (χ0) is 12.5. The van der Waals surface area contributed by atoms with Gasteiger partial charge in [-0.25, -0.2) is 9.37 Å². The van der Waals surface area contributed by atoms with E-state index in [9.17, 15) is 4.39 Å². The fraction of sp³-hybridized carbons (Fsp3) is 0. The third-order valence-electron chi connectivity index (χ3n) is 2.75. The molecular weight excluding hydrogens is 229 g/mol. The van der Waals surface area contributed by atoms with Gasteiger partial charge in [0.25, 0.3) is 0 Å². The minimum atomic E-state index is -0.516. The molecule has 18 heavy (non-hydrogen) atoms. The maximum absolute atomic E-state index is 13.2. The normalized spacial score (nSPS) is 10.4. The first-order chi connectivity index (χ1) is 8.78. The maximum Gasteiger partial charge on any atom is 0.140 e. The van der Waals surface area contributed by atoms with Crippen molar-refractivity contribution >= 4 is 11.0 Å². The van der Waals surface area contributed by atoms with Crippen LogP contribution in [0.3, 0.4) is 0 Å². The molecule has 0 radical (unpaired) electrons. The fourth-order valence-corrected chi connectivity index (χ4v) is 1.85. The van der Waals surface area contributed by atoms with Crippen molar-refractivity contribution in [2.75, 3.05) is 0 Å². The molecule has 0 fully saturated rings. The number of aromatic amines is 1. The number of nitrogens with zero attached hydrogens (tertiary/aromatic N) is 2. The zero-order valence-electron chi connectivity index (χ0n) is 9.31. The van der Waals surface area contributed by atoms with Gasteiger partial charge in [0.05, 0.1) is 16.6 Å². The lowest BCUT2D eigenvalue weighted by atomic mass is 10.1. The predicted molar refractivity (Wildman–Crippen MR) is 66.2 cm³/mol. The van der Waals surface area contributed by atoms with E-state index in [1.807, 2.05) is 30.3 Å². The first-order valence-corrected chi connectivity index (χ1v) is 5.43. The summed E-state index contributed by atoms with van der Waals surface area (Å²) >= 11 is 0. The second-order valence-corrected chi connectivity index (χ2v) is 3.91. The number of nitriles is 1. The third kappa shape index (κ3) is 1.62. The van der Waals surface area contributed by atoms with Gasteiger partial charge in [-0.05, 0) is 30.3 Å². The van der Waals surface area contributed by atoms with Crippen LogP contribution in [0, 0.1) is 17.1 Å². The molecule has 0 aliphatic carbocycles. The van der Waals surface area contributed by atoms with Crippen molar-refractivity contribution in [3.8, 4) is 17.5 Å². The Labute approximate surface area is 103 Å². The minimum Gasteiger partial charge on any atom is -0.338 e. The Hall–Kier alpha value is -2.67. The predicted octanol–water partition coefficient (Wildman–Crippen LogP) is 3.24. The molecule has 86 valence electrons. The van der Waals surface area contributed by atoms with Crippen molar-refractivity contribution in [3.05, 3.63) is 53.8 Å². The summed E-state index contributed by atoms with van der Waals surface area (Å²) in [6.45, 7) is 0. The Morgan fingerprint density at radius 2 is 2.00 bits per heavy atom. The number of H-pyrrole nitrogens is 1. The number of nitrogens with one attached hydrogen (secondary N) is 1. The molecule has 0 amide bonds. The van der Waals surface area contributed by atoms with E-state index in [0.717, 1.165) is 11.0 Å². The number of para-hydroxylation sites is 2. The molecular formula is C14H8FN3. The van der Waals surface area contributed by atoms with Gasteiger partial charge in [-0.2, -0.15) is 5.26 Å². The summed E-state index contributed by atoms with van der Waals surface area (Å²) in [6, 6.07) is 13.8. The highest BCUT2D eigenvalue weighted by Gasteiger charge is 2.08. The first kappa shape index (κ1) is 10.5. The third-order valence-corrected chi connectivity index (χ3v) is 2.75. The highest BCUT2D eigenvalue weighted by Crippen LogP contribution is 2.22. The second kappa shape index (κ2) is 3.97. The lowest BCUT2D eigenvalue weighted by Crippen LogP contribution is -1.86. The lowest BCUT2D eigenvalue weighted by Gasteiger charge is -1.98. The molecule has 0 saturated heterocycles. The number of imidazole rings is 1. The molecule has 0 unspecified atom stereocenters. The average molecular weight is 237 g/mol. The standard InChI is InChI=1S/C14H8FN3/c15-11-6-5-9(7-10(11)8-16)14-17-12-3-1-2-4-13(12)18-14/h1-7H,(H,17,18). The number of aromatic nitrogens is 2. The van der Waals surface area contributed by atoms with E-state index < -0.39 is 5.82 Å². The van der Waals surface area contributed by atoms with Crippen LogP contribution in [0.1, 0.15) is 5.56 Å². The molecule has 1 aromatic heterocycles. The van der Waals surface area contributed by atoms with Crippen LogP contribution in [-0.4, -0.2) is 9.97 Å². The number of fused-ring (bicyclic) bond motifs is 1. The van der Waals surface area contributed by atoms with Crippen molar-refractivity contribution < 1.29 is 4.39 Å². The Morgan fingerprint density at radius 1 is 1.17 bits per heavy atom. The topological polar surface area (TPSA) is 52.5 Å². The van der Waals surface area contributed by atoms with Crippen LogP contribution in [0.5, 0.6) is 0 Å². The van der Waals surface area contributed by atoms with Crippen molar-refractivity contribution in [2.24, 2.45) is 0 Å². The quantitative estimate of drug-likeness (QED) is 0.706. The summed E-state index contributed by atoms with van der Waals surface area (Å²) in [4.78, 5) is 7.54. The van der Waals surface area contributed by atoms with Gasteiger partial charge < -0.3 is 4.98 Å². The minimum absolute atomic E-state index is 0.0213. The van der Waals surface area contributed by atoms with Crippen LogP contribution in [0.15, 0.2) is 42.5 Å². The van der Waals surface area contributed by atoms with E-state index in [1.165, 1.54) is 12.1 Å². The summed E-state index contributed by atoms with van der Waals surface area (Å²) in [5.74, 6) is 0.116. The number of rotatable bonds is 1. The molecule has 3 rings (SSSR count). The summed E-state index contributed by atoms with van der Waals surface area (Å²) < 4.78 is 13.2. The largest absolute Gasteiger partial charge is 0.338 e. The summed E-state index contributed by atoms with van der Waals surface area (Å²) in [7, 11) is 0. The second-order valence-electron chi connectivity index (χ2n) is 3.91. The molecule has 4 heteroatoms. The lowest BCUT2D eigenvalue weighted by molar-refractivity contribution is 0.624. The van der Waals surface area contributed by atoms with Crippen molar-refractivity contribution in [1.82, 2.24) is 9.97 Å². The van der Waals surface area contributed by atoms with Crippen molar-refractivity contribution in [1.29, 1.82) is 5.26 Å². The maximum atomic E-state index is 13.2. The van der Waals surface area contributed by atoms with E-state index in [1.54, 1.807) is 6.07 Å². The summed E-state index contributed by atoms with van der Waals surface area (Å²) in [6.07, 6.45) is 0. The van der Waals surface area contributed by atoms with Crippen LogP contribution in [0.2, 0.25) is 0 Å². The smallest absolute Gasteiger partial charge is 0.140 e. The molecule has 0 aliphatic rings. The average Bonchev–Trinajstić information content (AvgIpc) is 2.83. The Morgan fingerprint density at radius 3 is 2.78 bits per heavy atom. The fourth-order valence-electron chi connectivity index (χ4n) is 1.85. The van der Waals surface area contributed by atoms with Crippen LogP contribution in [0.25, 0.3) is 22.4 Å². The van der Waals surface area contributed by atoms with Crippen molar-refractivity contribution in [2.45, 2.75) is 0 Å². The van der Waals surface area contributed by atoms with Gasteiger partial charge in [0.15, 0.2) is 0 Å². The van der Waals surface area contributed by atoms with E-state index in [2.05, 4.69) is 9.97 Å². The molecule has 2 aromatic carbocycles. The van der Waals surface area contributed by atoms with E-state index in [-0.39, 0.29) is 5.56 Å². The highest BCUT2D eigenvalue weighted by atomic mass is 19.1. The Balaban J connectivity index is 2.17. The number of hydrogen-bond acceptors (Lipinski definition) is 2. The van der Waals surface area contributed by atoms with Gasteiger partial charge in [0.1, 0.15) is 17.7 Å². The van der Waals surface area contributed by atoms with Gasteiger partial charge in [-0.3, -0.25) is 0 Å². The van der Waals surface area contributed by atoms with Crippen LogP contribution in [-0.2, 0) is 0 Å². The van der Waals surface area contributed by atoms with Gasteiger partial charge >= 0.3 is 0 Å². The van der Waals surface area contributed by atoms with E-state index in [0.29, 0.717) is 11.4 Å². The molecule has 1 N–H and O–H groups in total. The molecule has 0 atom stereocenters. The Kier molecular flexibility index (Phi) is 2.31. The number of benzene rings is 2. The van der Waals surface area contributed by atoms with Crippen LogP contribution >= 0.6 is 0 Å². The van der Waals surface area contributed by atoms with Crippen LogP contribution in [0.4, 0.5) is 4.39 Å². The van der Waals surface area contributed by atoms with Crippen LogP contribution < -0.4 is 0 Å². The summed E-state index contributed by atoms with van der Waals surface area (Å²) in [5.41, 5.74) is 2.47. The highest BCUT2D eigenvalue weighted by molar-refractivity contribution is 5.79. The molecule has 0 saturated carbocycles. The molecule has 3 aromatic rings. The molecule has 3 nitrogen and oxygen atoms in total. The van der Waals surface area contributed by atoms with E-state index in [4.69, 9.17) is 5.26 Å². The van der Waals surface area contributed by atoms with E-state index >= 15 is 0 Å². The zero-order valence-corrected chi connectivity index (χ0v) is 9.31. The monoisotopic (exact) mass is 237 g/mol. The molecule has 0 bridgehead atoms. The Bertz CT molecular complexity index is 735. The number of hydrogen-bond donors (Lipinski definition) is 1. The number of halogens is 1. The molecule has 1 heterocycles. The van der Waals surface area contributed by atoms with Gasteiger partial charge in [-0.15, -0.1) is 0 Å².